The van der Waals surface area contributed by atoms with Crippen LogP contribution in [0.2, 0.25) is 0 Å². The Morgan fingerprint density at radius 2 is 1.86 bits per heavy atom. The zero-order chi connectivity index (χ0) is 14.8. The fourth-order valence-electron chi connectivity index (χ4n) is 2.34. The van der Waals surface area contributed by atoms with E-state index in [0.717, 1.165) is 5.56 Å². The Kier molecular flexibility index (Phi) is 3.44. The number of hydrogen-bond acceptors (Lipinski definition) is 2. The summed E-state index contributed by atoms with van der Waals surface area (Å²) in [4.78, 5) is 4.28. The highest BCUT2D eigenvalue weighted by atomic mass is 19.1. The number of benzene rings is 2. The molecule has 1 aromatic heterocycles. The van der Waals surface area contributed by atoms with Crippen LogP contribution in [-0.4, -0.2) is 9.55 Å². The van der Waals surface area contributed by atoms with E-state index in [0.29, 0.717) is 29.2 Å². The molecule has 3 nitrogen and oxygen atoms in total. The van der Waals surface area contributed by atoms with E-state index in [1.54, 1.807) is 25.4 Å². The van der Waals surface area contributed by atoms with Crippen LogP contribution < -0.4 is 5.73 Å². The van der Waals surface area contributed by atoms with Crippen molar-refractivity contribution in [2.75, 3.05) is 5.73 Å². The Morgan fingerprint density at radius 3 is 2.62 bits per heavy atom. The number of aromatic nitrogens is 2. The summed E-state index contributed by atoms with van der Waals surface area (Å²) in [5.41, 5.74) is 8.78. The Bertz CT molecular complexity index is 763. The third-order valence-electron chi connectivity index (χ3n) is 3.52. The molecule has 1 heterocycles. The normalized spacial score (nSPS) is 10.8. The van der Waals surface area contributed by atoms with Crippen molar-refractivity contribution in [3.05, 3.63) is 71.8 Å². The molecule has 0 radical (unpaired) electrons. The first-order valence-electron chi connectivity index (χ1n) is 6.77. The maximum atomic E-state index is 14.2. The molecular weight excluding hydrogens is 265 g/mol. The van der Waals surface area contributed by atoms with Gasteiger partial charge in [-0.25, -0.2) is 9.37 Å². The van der Waals surface area contributed by atoms with Gasteiger partial charge in [0.05, 0.1) is 12.9 Å². The van der Waals surface area contributed by atoms with E-state index in [4.69, 9.17) is 5.73 Å². The van der Waals surface area contributed by atoms with Gasteiger partial charge in [0, 0.05) is 5.56 Å². The summed E-state index contributed by atoms with van der Waals surface area (Å²) in [5, 5.41) is 0. The zero-order valence-electron chi connectivity index (χ0n) is 11.8. The largest absolute Gasteiger partial charge is 0.383 e. The van der Waals surface area contributed by atoms with Gasteiger partial charge in [0.15, 0.2) is 0 Å². The molecule has 3 rings (SSSR count). The quantitative estimate of drug-likeness (QED) is 0.796. The van der Waals surface area contributed by atoms with Crippen molar-refractivity contribution in [2.45, 2.75) is 13.5 Å². The van der Waals surface area contributed by atoms with Crippen LogP contribution in [-0.2, 0) is 6.54 Å². The van der Waals surface area contributed by atoms with E-state index >= 15 is 0 Å². The fraction of sp³-hybridized carbons (Fsp3) is 0.118. The second kappa shape index (κ2) is 5.40. The van der Waals surface area contributed by atoms with Crippen molar-refractivity contribution < 1.29 is 4.39 Å². The maximum Gasteiger partial charge on any atom is 0.135 e. The third-order valence-corrected chi connectivity index (χ3v) is 3.52. The minimum Gasteiger partial charge on any atom is -0.383 e. The molecular formula is C17H16FN3. The minimum absolute atomic E-state index is 0.269. The molecule has 0 spiro atoms. The Labute approximate surface area is 122 Å². The molecule has 0 fully saturated rings. The lowest BCUT2D eigenvalue weighted by molar-refractivity contribution is 0.621. The maximum absolute atomic E-state index is 14.2. The Balaban J connectivity index is 1.98. The van der Waals surface area contributed by atoms with Crippen molar-refractivity contribution in [3.8, 4) is 11.3 Å². The summed E-state index contributed by atoms with van der Waals surface area (Å²) in [6.07, 6.45) is 1.65. The van der Waals surface area contributed by atoms with Crippen LogP contribution in [0.5, 0.6) is 0 Å². The van der Waals surface area contributed by atoms with Crippen molar-refractivity contribution in [3.63, 3.8) is 0 Å². The van der Waals surface area contributed by atoms with Gasteiger partial charge in [-0.3, -0.25) is 0 Å². The van der Waals surface area contributed by atoms with Crippen molar-refractivity contribution in [1.82, 2.24) is 9.55 Å². The van der Waals surface area contributed by atoms with Crippen molar-refractivity contribution in [1.29, 1.82) is 0 Å². The monoisotopic (exact) mass is 281 g/mol. The number of anilines is 1. The average molecular weight is 281 g/mol. The number of hydrogen-bond donors (Lipinski definition) is 1. The van der Waals surface area contributed by atoms with Gasteiger partial charge in [0.2, 0.25) is 0 Å². The average Bonchev–Trinajstić information content (AvgIpc) is 2.84. The van der Waals surface area contributed by atoms with Crippen molar-refractivity contribution >= 4 is 5.82 Å². The predicted molar refractivity (Wildman–Crippen MR) is 82.3 cm³/mol. The predicted octanol–water partition coefficient (Wildman–Crippen LogP) is 3.63. The van der Waals surface area contributed by atoms with Gasteiger partial charge in [0.25, 0.3) is 0 Å². The molecule has 0 aliphatic rings. The van der Waals surface area contributed by atoms with Crippen LogP contribution in [0, 0.1) is 12.7 Å². The Morgan fingerprint density at radius 1 is 1.10 bits per heavy atom. The molecule has 2 aromatic carbocycles. The number of nitrogens with two attached hydrogens (primary N) is 1. The van der Waals surface area contributed by atoms with Gasteiger partial charge in [-0.15, -0.1) is 0 Å². The number of imidazole rings is 1. The van der Waals surface area contributed by atoms with Gasteiger partial charge < -0.3 is 10.3 Å². The van der Waals surface area contributed by atoms with Crippen LogP contribution in [0.4, 0.5) is 10.2 Å². The van der Waals surface area contributed by atoms with Crippen LogP contribution in [0.1, 0.15) is 11.1 Å². The molecule has 0 atom stereocenters. The van der Waals surface area contributed by atoms with Gasteiger partial charge in [-0.05, 0) is 24.1 Å². The molecule has 0 saturated heterocycles. The highest BCUT2D eigenvalue weighted by Crippen LogP contribution is 2.28. The lowest BCUT2D eigenvalue weighted by Gasteiger charge is -2.07. The number of nitrogen functional groups attached to an aromatic ring is 1. The first kappa shape index (κ1) is 13.4. The summed E-state index contributed by atoms with van der Waals surface area (Å²) in [7, 11) is 0. The number of nitrogens with zero attached hydrogens (tertiary/aromatic N) is 2. The van der Waals surface area contributed by atoms with Gasteiger partial charge >= 0.3 is 0 Å². The van der Waals surface area contributed by atoms with E-state index in [1.807, 2.05) is 41.0 Å². The van der Waals surface area contributed by atoms with Crippen LogP contribution in [0.3, 0.4) is 0 Å². The van der Waals surface area contributed by atoms with Gasteiger partial charge in [0.1, 0.15) is 17.3 Å². The van der Waals surface area contributed by atoms with E-state index in [9.17, 15) is 4.39 Å². The first-order chi connectivity index (χ1) is 10.2. The molecule has 0 aliphatic heterocycles. The lowest BCUT2D eigenvalue weighted by Crippen LogP contribution is -2.03. The van der Waals surface area contributed by atoms with Crippen molar-refractivity contribution in [2.24, 2.45) is 0 Å². The molecule has 4 heteroatoms. The lowest BCUT2D eigenvalue weighted by atomic mass is 10.1. The molecule has 21 heavy (non-hydrogen) atoms. The van der Waals surface area contributed by atoms with Crippen LogP contribution in [0.25, 0.3) is 11.3 Å². The highest BCUT2D eigenvalue weighted by molar-refractivity contribution is 5.71. The van der Waals surface area contributed by atoms with E-state index in [1.165, 1.54) is 0 Å². The number of halogens is 1. The van der Waals surface area contributed by atoms with E-state index < -0.39 is 0 Å². The molecule has 3 aromatic rings. The summed E-state index contributed by atoms with van der Waals surface area (Å²) in [6.45, 7) is 2.35. The summed E-state index contributed by atoms with van der Waals surface area (Å²) in [6, 6.07) is 15.2. The smallest absolute Gasteiger partial charge is 0.135 e. The summed E-state index contributed by atoms with van der Waals surface area (Å²) < 4.78 is 16.0. The molecule has 2 N–H and O–H groups in total. The summed E-state index contributed by atoms with van der Waals surface area (Å²) in [5.74, 6) is 0.206. The molecule has 0 saturated carbocycles. The van der Waals surface area contributed by atoms with E-state index in [-0.39, 0.29) is 5.82 Å². The molecule has 0 aliphatic carbocycles. The Hall–Kier alpha value is -2.62. The van der Waals surface area contributed by atoms with E-state index in [2.05, 4.69) is 4.98 Å². The van der Waals surface area contributed by atoms with Crippen LogP contribution in [0.15, 0.2) is 54.9 Å². The minimum atomic E-state index is -0.269. The highest BCUT2D eigenvalue weighted by Gasteiger charge is 2.15. The zero-order valence-corrected chi connectivity index (χ0v) is 11.8. The molecule has 0 unspecified atom stereocenters. The second-order valence-corrected chi connectivity index (χ2v) is 5.03. The standard InChI is InChI=1S/C17H16FN3/c1-12-6-5-9-14(15(12)18)16-17(19)21(11-20-16)10-13-7-3-2-4-8-13/h2-9,11H,10,19H2,1H3. The summed E-state index contributed by atoms with van der Waals surface area (Å²) >= 11 is 0. The topological polar surface area (TPSA) is 43.8 Å². The van der Waals surface area contributed by atoms with Gasteiger partial charge in [-0.2, -0.15) is 0 Å². The number of rotatable bonds is 3. The fourth-order valence-corrected chi connectivity index (χ4v) is 2.34. The van der Waals surface area contributed by atoms with Crippen LogP contribution >= 0.6 is 0 Å². The second-order valence-electron chi connectivity index (χ2n) is 5.03. The van der Waals surface area contributed by atoms with Gasteiger partial charge in [-0.1, -0.05) is 42.5 Å². The molecule has 0 bridgehead atoms. The molecule has 0 amide bonds. The number of aryl methyl sites for hydroxylation is 1. The third kappa shape index (κ3) is 2.52. The SMILES string of the molecule is Cc1cccc(-c2ncn(Cc3ccccc3)c2N)c1F. The molecule has 106 valence electrons. The first-order valence-corrected chi connectivity index (χ1v) is 6.77.